The fraction of sp³-hybridized carbons (Fsp3) is 0.600. The normalized spacial score (nSPS) is 11.8. The molecular formula is C10H19ClN4O. The number of halogens is 1. The van der Waals surface area contributed by atoms with E-state index in [-0.39, 0.29) is 18.3 Å². The van der Waals surface area contributed by atoms with Crippen molar-refractivity contribution in [2.24, 2.45) is 12.8 Å². The first-order valence-corrected chi connectivity index (χ1v) is 5.11. The Morgan fingerprint density at radius 1 is 1.69 bits per heavy atom. The highest BCUT2D eigenvalue weighted by Crippen LogP contribution is 2.12. The highest BCUT2D eigenvalue weighted by molar-refractivity contribution is 5.94. The number of nitrogens with one attached hydrogen (secondary N) is 1. The lowest BCUT2D eigenvalue weighted by atomic mass is 10.1. The van der Waals surface area contributed by atoms with E-state index in [0.29, 0.717) is 6.42 Å². The Morgan fingerprint density at radius 3 is 2.75 bits per heavy atom. The van der Waals surface area contributed by atoms with Crippen molar-refractivity contribution in [1.29, 1.82) is 0 Å². The Kier molecular flexibility index (Phi) is 6.06. The highest BCUT2D eigenvalue weighted by Gasteiger charge is 2.14. The highest BCUT2D eigenvalue weighted by atomic mass is 35.5. The van der Waals surface area contributed by atoms with Crippen LogP contribution in [0.4, 0.5) is 5.69 Å². The molecule has 1 atom stereocenters. The zero-order valence-electron chi connectivity index (χ0n) is 9.86. The number of carbonyl (C=O) groups excluding carboxylic acids is 1. The molecular weight excluding hydrogens is 228 g/mol. The number of nitrogens with zero attached hydrogens (tertiary/aromatic N) is 2. The third-order valence-corrected chi connectivity index (χ3v) is 2.43. The van der Waals surface area contributed by atoms with E-state index in [4.69, 9.17) is 5.73 Å². The number of hydrogen-bond donors (Lipinski definition) is 2. The van der Waals surface area contributed by atoms with Crippen LogP contribution in [0.3, 0.4) is 0 Å². The maximum Gasteiger partial charge on any atom is 0.241 e. The van der Waals surface area contributed by atoms with Gasteiger partial charge < -0.3 is 11.1 Å². The summed E-state index contributed by atoms with van der Waals surface area (Å²) in [6, 6.07) is -0.436. The van der Waals surface area contributed by atoms with Crippen LogP contribution in [0.2, 0.25) is 0 Å². The number of aryl methyl sites for hydroxylation is 1. The lowest BCUT2D eigenvalue weighted by molar-refractivity contribution is -0.117. The van der Waals surface area contributed by atoms with Gasteiger partial charge in [-0.3, -0.25) is 9.48 Å². The summed E-state index contributed by atoms with van der Waals surface area (Å²) in [4.78, 5) is 11.6. The molecule has 0 aliphatic rings. The van der Waals surface area contributed by atoms with E-state index in [1.807, 2.05) is 20.9 Å². The van der Waals surface area contributed by atoms with Gasteiger partial charge in [0.25, 0.3) is 0 Å². The molecule has 1 aromatic rings. The molecule has 0 radical (unpaired) electrons. The van der Waals surface area contributed by atoms with Crippen LogP contribution in [-0.2, 0) is 11.8 Å². The van der Waals surface area contributed by atoms with E-state index in [0.717, 1.165) is 17.8 Å². The summed E-state index contributed by atoms with van der Waals surface area (Å²) in [7, 11) is 1.83. The number of anilines is 1. The van der Waals surface area contributed by atoms with Crippen molar-refractivity contribution in [3.63, 3.8) is 0 Å². The number of carbonyl (C=O) groups is 1. The van der Waals surface area contributed by atoms with Gasteiger partial charge >= 0.3 is 0 Å². The van der Waals surface area contributed by atoms with Crippen molar-refractivity contribution in [3.05, 3.63) is 11.9 Å². The zero-order valence-corrected chi connectivity index (χ0v) is 10.7. The molecule has 5 nitrogen and oxygen atoms in total. The molecule has 6 heteroatoms. The molecule has 0 spiro atoms. The van der Waals surface area contributed by atoms with Gasteiger partial charge in [0.05, 0.1) is 23.6 Å². The predicted octanol–water partition coefficient (Wildman–Crippen LogP) is 1.22. The smallest absolute Gasteiger partial charge is 0.241 e. The number of nitrogens with two attached hydrogens (primary N) is 1. The fourth-order valence-corrected chi connectivity index (χ4v) is 1.29. The SMILES string of the molecule is CCCC(N)C(=O)Nc1cnn(C)c1C.Cl. The second-order valence-corrected chi connectivity index (χ2v) is 3.65. The Labute approximate surface area is 102 Å². The largest absolute Gasteiger partial charge is 0.322 e. The molecule has 0 aliphatic heterocycles. The van der Waals surface area contributed by atoms with Crippen LogP contribution < -0.4 is 11.1 Å². The lowest BCUT2D eigenvalue weighted by Gasteiger charge is -2.10. The lowest BCUT2D eigenvalue weighted by Crippen LogP contribution is -2.35. The summed E-state index contributed by atoms with van der Waals surface area (Å²) in [5.41, 5.74) is 7.35. The fourth-order valence-electron chi connectivity index (χ4n) is 1.29. The summed E-state index contributed by atoms with van der Waals surface area (Å²) in [6.45, 7) is 3.90. The minimum Gasteiger partial charge on any atom is -0.322 e. The van der Waals surface area contributed by atoms with E-state index in [2.05, 4.69) is 10.4 Å². The topological polar surface area (TPSA) is 72.9 Å². The summed E-state index contributed by atoms with van der Waals surface area (Å²) >= 11 is 0. The van der Waals surface area contributed by atoms with Gasteiger partial charge in [-0.2, -0.15) is 5.10 Å². The monoisotopic (exact) mass is 246 g/mol. The van der Waals surface area contributed by atoms with Crippen LogP contribution in [0.1, 0.15) is 25.5 Å². The molecule has 1 heterocycles. The molecule has 0 aromatic carbocycles. The van der Waals surface area contributed by atoms with Gasteiger partial charge in [0, 0.05) is 7.05 Å². The van der Waals surface area contributed by atoms with Crippen molar-refractivity contribution < 1.29 is 4.79 Å². The van der Waals surface area contributed by atoms with Gasteiger partial charge in [-0.15, -0.1) is 12.4 Å². The first-order valence-electron chi connectivity index (χ1n) is 5.11. The van der Waals surface area contributed by atoms with Gasteiger partial charge in [0.15, 0.2) is 0 Å². The first kappa shape index (κ1) is 14.9. The van der Waals surface area contributed by atoms with E-state index in [9.17, 15) is 4.79 Å². The van der Waals surface area contributed by atoms with Gasteiger partial charge in [0.2, 0.25) is 5.91 Å². The molecule has 1 unspecified atom stereocenters. The standard InChI is InChI=1S/C10H18N4O.ClH/c1-4-5-8(11)10(15)13-9-6-12-14(3)7(9)2;/h6,8H,4-5,11H2,1-3H3,(H,13,15);1H. The number of amides is 1. The number of hydrogen-bond acceptors (Lipinski definition) is 3. The predicted molar refractivity (Wildman–Crippen MR) is 66.7 cm³/mol. The summed E-state index contributed by atoms with van der Waals surface area (Å²) in [5, 5.41) is 6.80. The van der Waals surface area contributed by atoms with Crippen molar-refractivity contribution in [1.82, 2.24) is 9.78 Å². The zero-order chi connectivity index (χ0) is 11.4. The second-order valence-electron chi connectivity index (χ2n) is 3.65. The van der Waals surface area contributed by atoms with E-state index < -0.39 is 6.04 Å². The summed E-state index contributed by atoms with van der Waals surface area (Å²) in [6.07, 6.45) is 3.23. The minimum absolute atomic E-state index is 0. The molecule has 0 fully saturated rings. The third-order valence-electron chi connectivity index (χ3n) is 2.43. The van der Waals surface area contributed by atoms with E-state index in [1.54, 1.807) is 10.9 Å². The van der Waals surface area contributed by atoms with Crippen LogP contribution in [-0.4, -0.2) is 21.7 Å². The molecule has 0 saturated carbocycles. The molecule has 3 N–H and O–H groups in total. The van der Waals surface area contributed by atoms with Crippen molar-refractivity contribution >= 4 is 24.0 Å². The Morgan fingerprint density at radius 2 is 2.31 bits per heavy atom. The molecule has 0 aliphatic carbocycles. The minimum atomic E-state index is -0.436. The molecule has 0 bridgehead atoms. The quantitative estimate of drug-likeness (QED) is 0.839. The molecule has 16 heavy (non-hydrogen) atoms. The first-order chi connectivity index (χ1) is 7.06. The maximum absolute atomic E-state index is 11.6. The average molecular weight is 247 g/mol. The van der Waals surface area contributed by atoms with Crippen LogP contribution in [0.15, 0.2) is 6.20 Å². The molecule has 1 aromatic heterocycles. The second kappa shape index (κ2) is 6.50. The molecule has 1 amide bonds. The van der Waals surface area contributed by atoms with Gasteiger partial charge in [0.1, 0.15) is 0 Å². The summed E-state index contributed by atoms with van der Waals surface area (Å²) < 4.78 is 1.71. The number of rotatable bonds is 4. The Balaban J connectivity index is 0.00000225. The van der Waals surface area contributed by atoms with Crippen molar-refractivity contribution in [2.45, 2.75) is 32.7 Å². The Hall–Kier alpha value is -1.07. The van der Waals surface area contributed by atoms with Crippen molar-refractivity contribution in [3.8, 4) is 0 Å². The van der Waals surface area contributed by atoms with Crippen LogP contribution in [0.5, 0.6) is 0 Å². The van der Waals surface area contributed by atoms with Crippen molar-refractivity contribution in [2.75, 3.05) is 5.32 Å². The Bertz CT molecular complexity index is 351. The van der Waals surface area contributed by atoms with Gasteiger partial charge in [-0.1, -0.05) is 13.3 Å². The molecule has 1 rings (SSSR count). The van der Waals surface area contributed by atoms with E-state index >= 15 is 0 Å². The molecule has 92 valence electrons. The average Bonchev–Trinajstić information content (AvgIpc) is 2.50. The van der Waals surface area contributed by atoms with Crippen LogP contribution in [0.25, 0.3) is 0 Å². The van der Waals surface area contributed by atoms with Crippen LogP contribution in [0, 0.1) is 6.92 Å². The molecule has 0 saturated heterocycles. The van der Waals surface area contributed by atoms with Gasteiger partial charge in [-0.05, 0) is 13.3 Å². The third kappa shape index (κ3) is 3.50. The van der Waals surface area contributed by atoms with Gasteiger partial charge in [-0.25, -0.2) is 0 Å². The number of aromatic nitrogens is 2. The maximum atomic E-state index is 11.6. The van der Waals surface area contributed by atoms with Crippen LogP contribution >= 0.6 is 12.4 Å². The summed E-state index contributed by atoms with van der Waals surface area (Å²) in [5.74, 6) is -0.145. The van der Waals surface area contributed by atoms with E-state index in [1.165, 1.54) is 0 Å².